The fourth-order valence-corrected chi connectivity index (χ4v) is 6.36. The SMILES string of the molecule is CC(C)(C)[n+]1ccn(P(C(C)(C)C)C(C)(C)C)c1. The Balaban J connectivity index is 3.21. The molecule has 1 heterocycles. The van der Waals surface area contributed by atoms with Crippen LogP contribution in [0.1, 0.15) is 62.3 Å². The third-order valence-electron chi connectivity index (χ3n) is 2.90. The zero-order valence-corrected chi connectivity index (χ0v) is 14.5. The van der Waals surface area contributed by atoms with Crippen LogP contribution in [0.15, 0.2) is 18.7 Å². The summed E-state index contributed by atoms with van der Waals surface area (Å²) in [5, 5.41) is 0.616. The lowest BCUT2D eigenvalue weighted by Gasteiger charge is -2.36. The third kappa shape index (κ3) is 3.57. The van der Waals surface area contributed by atoms with E-state index in [0.29, 0.717) is 10.3 Å². The highest BCUT2D eigenvalue weighted by Gasteiger charge is 2.41. The Labute approximate surface area is 114 Å². The fraction of sp³-hybridized carbons (Fsp3) is 0.800. The van der Waals surface area contributed by atoms with Gasteiger partial charge in [0.05, 0.1) is 0 Å². The first-order valence-electron chi connectivity index (χ1n) is 6.74. The van der Waals surface area contributed by atoms with E-state index in [1.807, 2.05) is 0 Å². The zero-order valence-electron chi connectivity index (χ0n) is 13.6. The van der Waals surface area contributed by atoms with E-state index in [1.54, 1.807) is 0 Å². The van der Waals surface area contributed by atoms with Gasteiger partial charge in [-0.25, -0.2) is 8.90 Å². The van der Waals surface area contributed by atoms with Crippen molar-refractivity contribution < 1.29 is 4.57 Å². The lowest BCUT2D eigenvalue weighted by atomic mass is 10.1. The van der Waals surface area contributed by atoms with E-state index in [-0.39, 0.29) is 13.6 Å². The maximum Gasteiger partial charge on any atom is 0.246 e. The van der Waals surface area contributed by atoms with Gasteiger partial charge >= 0.3 is 0 Å². The van der Waals surface area contributed by atoms with Crippen molar-refractivity contribution in [3.8, 4) is 0 Å². The molecule has 18 heavy (non-hydrogen) atoms. The first-order valence-corrected chi connectivity index (χ1v) is 8.03. The highest BCUT2D eigenvalue weighted by molar-refractivity contribution is 7.59. The molecular weight excluding hydrogens is 239 g/mol. The quantitative estimate of drug-likeness (QED) is 0.528. The normalized spacial score (nSPS) is 14.3. The minimum Gasteiger partial charge on any atom is -0.232 e. The molecule has 0 fully saturated rings. The molecule has 0 saturated carbocycles. The van der Waals surface area contributed by atoms with Crippen LogP contribution >= 0.6 is 8.07 Å². The predicted molar refractivity (Wildman–Crippen MR) is 81.4 cm³/mol. The second kappa shape index (κ2) is 4.63. The van der Waals surface area contributed by atoms with Gasteiger partial charge in [-0.3, -0.25) is 0 Å². The van der Waals surface area contributed by atoms with Gasteiger partial charge < -0.3 is 0 Å². The first-order chi connectivity index (χ1) is 7.83. The molecule has 0 N–H and O–H groups in total. The number of aromatic nitrogens is 2. The highest BCUT2D eigenvalue weighted by atomic mass is 31.1. The Morgan fingerprint density at radius 2 is 1.28 bits per heavy atom. The average Bonchev–Trinajstić information content (AvgIpc) is 2.45. The predicted octanol–water partition coefficient (Wildman–Crippen LogP) is 4.37. The molecule has 0 aliphatic rings. The summed E-state index contributed by atoms with van der Waals surface area (Å²) in [6, 6.07) is 0. The number of nitrogens with zero attached hydrogens (tertiary/aromatic N) is 2. The van der Waals surface area contributed by atoms with Gasteiger partial charge in [-0.15, -0.1) is 0 Å². The van der Waals surface area contributed by atoms with Gasteiger partial charge in [-0.2, -0.15) is 0 Å². The van der Waals surface area contributed by atoms with E-state index in [0.717, 1.165) is 0 Å². The van der Waals surface area contributed by atoms with Crippen LogP contribution in [-0.4, -0.2) is 14.6 Å². The first kappa shape index (κ1) is 15.7. The third-order valence-corrected chi connectivity index (χ3v) is 6.14. The molecule has 104 valence electrons. The Kier molecular flexibility index (Phi) is 4.04. The Bertz CT molecular complexity index is 385. The van der Waals surface area contributed by atoms with E-state index >= 15 is 0 Å². The fourth-order valence-electron chi connectivity index (χ4n) is 2.56. The highest BCUT2D eigenvalue weighted by Crippen LogP contribution is 2.59. The number of rotatable bonds is 1. The molecule has 2 nitrogen and oxygen atoms in total. The van der Waals surface area contributed by atoms with Crippen LogP contribution in [0.2, 0.25) is 0 Å². The van der Waals surface area contributed by atoms with Gasteiger partial charge in [-0.1, -0.05) is 41.5 Å². The van der Waals surface area contributed by atoms with Crippen molar-refractivity contribution in [1.82, 2.24) is 4.34 Å². The van der Waals surface area contributed by atoms with Crippen molar-refractivity contribution in [3.05, 3.63) is 18.7 Å². The number of imidazole rings is 1. The van der Waals surface area contributed by atoms with Gasteiger partial charge in [0.15, 0.2) is 0 Å². The smallest absolute Gasteiger partial charge is 0.232 e. The second-order valence-corrected chi connectivity index (χ2v) is 11.8. The lowest BCUT2D eigenvalue weighted by molar-refractivity contribution is -0.753. The molecule has 0 saturated heterocycles. The summed E-state index contributed by atoms with van der Waals surface area (Å²) in [6.07, 6.45) is 6.72. The summed E-state index contributed by atoms with van der Waals surface area (Å²) in [7, 11) is -0.268. The largest absolute Gasteiger partial charge is 0.246 e. The lowest BCUT2D eigenvalue weighted by Crippen LogP contribution is -2.48. The summed E-state index contributed by atoms with van der Waals surface area (Å²) < 4.78 is 4.75. The maximum absolute atomic E-state index is 2.45. The Hall–Kier alpha value is -0.360. The van der Waals surface area contributed by atoms with E-state index in [9.17, 15) is 0 Å². The minimum absolute atomic E-state index is 0.155. The van der Waals surface area contributed by atoms with E-state index in [1.165, 1.54) is 0 Å². The van der Waals surface area contributed by atoms with Crippen molar-refractivity contribution >= 4 is 8.07 Å². The average molecular weight is 269 g/mol. The van der Waals surface area contributed by atoms with Crippen molar-refractivity contribution in [2.45, 2.75) is 78.2 Å². The van der Waals surface area contributed by atoms with Gasteiger partial charge in [0, 0.05) is 10.3 Å². The van der Waals surface area contributed by atoms with Crippen molar-refractivity contribution in [3.63, 3.8) is 0 Å². The van der Waals surface area contributed by atoms with Crippen molar-refractivity contribution in [2.75, 3.05) is 0 Å². The minimum atomic E-state index is -0.268. The molecule has 3 heteroatoms. The van der Waals surface area contributed by atoms with Crippen LogP contribution in [0.5, 0.6) is 0 Å². The van der Waals surface area contributed by atoms with Crippen LogP contribution in [0.3, 0.4) is 0 Å². The molecule has 0 aliphatic heterocycles. The monoisotopic (exact) mass is 269 g/mol. The van der Waals surface area contributed by atoms with Gasteiger partial charge in [-0.05, 0) is 20.8 Å². The second-order valence-electron chi connectivity index (χ2n) is 8.03. The molecule has 0 aliphatic carbocycles. The molecule has 0 bridgehead atoms. The Morgan fingerprint density at radius 3 is 1.56 bits per heavy atom. The topological polar surface area (TPSA) is 8.81 Å². The number of hydrogen-bond donors (Lipinski definition) is 0. The van der Waals surface area contributed by atoms with E-state index in [2.05, 4.69) is 89.9 Å². The van der Waals surface area contributed by atoms with Crippen LogP contribution in [0.4, 0.5) is 0 Å². The van der Waals surface area contributed by atoms with Gasteiger partial charge in [0.2, 0.25) is 6.33 Å². The van der Waals surface area contributed by atoms with E-state index in [4.69, 9.17) is 0 Å². The summed E-state index contributed by atoms with van der Waals surface area (Å²) in [4.78, 5) is 0. The Morgan fingerprint density at radius 1 is 0.833 bits per heavy atom. The standard InChI is InChI=1S/C15H30N2P/c1-13(2,3)16-10-11-17(12-16)18(14(4,5)6)15(7,8)9/h10-12H,1-9H3/q+1. The van der Waals surface area contributed by atoms with Crippen molar-refractivity contribution in [2.24, 2.45) is 0 Å². The van der Waals surface area contributed by atoms with E-state index < -0.39 is 0 Å². The van der Waals surface area contributed by atoms with Crippen LogP contribution < -0.4 is 4.57 Å². The summed E-state index contributed by atoms with van der Waals surface area (Å²) in [5.74, 6) is 0. The molecule has 1 aromatic heterocycles. The van der Waals surface area contributed by atoms with Crippen LogP contribution in [0.25, 0.3) is 0 Å². The molecule has 0 unspecified atom stereocenters. The maximum atomic E-state index is 2.45. The molecule has 1 aromatic rings. The molecule has 0 atom stereocenters. The number of hydrogen-bond acceptors (Lipinski definition) is 0. The van der Waals surface area contributed by atoms with Gasteiger partial charge in [0.25, 0.3) is 0 Å². The molecular formula is C15H30N2P+. The molecule has 0 spiro atoms. The molecule has 0 amide bonds. The summed E-state index contributed by atoms with van der Waals surface area (Å²) in [5.41, 5.74) is 0.155. The van der Waals surface area contributed by atoms with Crippen molar-refractivity contribution in [1.29, 1.82) is 0 Å². The molecule has 0 radical (unpaired) electrons. The summed E-state index contributed by atoms with van der Waals surface area (Å²) in [6.45, 7) is 20.8. The van der Waals surface area contributed by atoms with Crippen LogP contribution in [-0.2, 0) is 5.54 Å². The molecule has 0 aromatic carbocycles. The summed E-state index contributed by atoms with van der Waals surface area (Å²) >= 11 is 0. The van der Waals surface area contributed by atoms with Crippen LogP contribution in [0, 0.1) is 0 Å². The zero-order chi connectivity index (χ0) is 14.4. The molecule has 1 rings (SSSR count). The van der Waals surface area contributed by atoms with Gasteiger partial charge in [0.1, 0.15) is 26.0 Å².